The number of sulfone groups is 1. The number of hydrogen-bond acceptors (Lipinski definition) is 3. The van der Waals surface area contributed by atoms with Gasteiger partial charge in [0.25, 0.3) is 0 Å². The zero-order chi connectivity index (χ0) is 13.6. The number of nitrogens with one attached hydrogen (secondary N) is 1. The van der Waals surface area contributed by atoms with E-state index in [0.717, 1.165) is 11.5 Å². The number of rotatable bonds is 5. The van der Waals surface area contributed by atoms with Gasteiger partial charge in [-0.3, -0.25) is 4.79 Å². The molecule has 0 aromatic heterocycles. The van der Waals surface area contributed by atoms with Crippen molar-refractivity contribution in [2.24, 2.45) is 0 Å². The molecule has 1 N–H and O–H groups in total. The van der Waals surface area contributed by atoms with E-state index in [1.807, 2.05) is 0 Å². The summed E-state index contributed by atoms with van der Waals surface area (Å²) in [4.78, 5) is 11.5. The van der Waals surface area contributed by atoms with Gasteiger partial charge in [0.1, 0.15) is 0 Å². The van der Waals surface area contributed by atoms with Crippen LogP contribution in [0.25, 0.3) is 0 Å². The standard InChI is InChI=1S/C12H12BrNO3S/c1-10(13)9-14-12(15)7-8-18(16,17)11-5-3-2-4-6-11/h2-8H,1,9H2,(H,14,15)/b8-7+. The van der Waals surface area contributed by atoms with Crippen molar-refractivity contribution >= 4 is 31.7 Å². The summed E-state index contributed by atoms with van der Waals surface area (Å²) in [6.45, 7) is 3.79. The van der Waals surface area contributed by atoms with Crippen molar-refractivity contribution in [3.63, 3.8) is 0 Å². The van der Waals surface area contributed by atoms with Crippen LogP contribution in [0.15, 0.2) is 57.8 Å². The summed E-state index contributed by atoms with van der Waals surface area (Å²) in [5, 5.41) is 3.35. The fourth-order valence-electron chi connectivity index (χ4n) is 1.08. The van der Waals surface area contributed by atoms with E-state index in [-0.39, 0.29) is 11.4 Å². The molecule has 0 atom stereocenters. The van der Waals surface area contributed by atoms with Crippen LogP contribution in [0, 0.1) is 0 Å². The summed E-state index contributed by atoms with van der Waals surface area (Å²) < 4.78 is 24.2. The first-order chi connectivity index (χ1) is 8.42. The number of halogens is 1. The molecule has 0 saturated carbocycles. The van der Waals surface area contributed by atoms with Crippen molar-refractivity contribution in [3.05, 3.63) is 52.9 Å². The third kappa shape index (κ3) is 4.85. The highest BCUT2D eigenvalue weighted by Crippen LogP contribution is 2.10. The van der Waals surface area contributed by atoms with Gasteiger partial charge >= 0.3 is 0 Å². The van der Waals surface area contributed by atoms with Crippen molar-refractivity contribution in [1.29, 1.82) is 0 Å². The monoisotopic (exact) mass is 329 g/mol. The van der Waals surface area contributed by atoms with Crippen LogP contribution >= 0.6 is 15.9 Å². The van der Waals surface area contributed by atoms with Crippen LogP contribution in [0.5, 0.6) is 0 Å². The highest BCUT2D eigenvalue weighted by atomic mass is 79.9. The molecular formula is C12H12BrNO3S. The predicted octanol–water partition coefficient (Wildman–Crippen LogP) is 2.00. The Morgan fingerprint density at radius 1 is 1.33 bits per heavy atom. The van der Waals surface area contributed by atoms with Gasteiger partial charge in [0, 0.05) is 22.5 Å². The lowest BCUT2D eigenvalue weighted by molar-refractivity contribution is -0.116. The van der Waals surface area contributed by atoms with Gasteiger partial charge < -0.3 is 5.32 Å². The first-order valence-corrected chi connectivity index (χ1v) is 7.35. The number of carbonyl (C=O) groups is 1. The SMILES string of the molecule is C=C(Br)CNC(=O)/C=C/S(=O)(=O)c1ccccc1. The molecule has 0 unspecified atom stereocenters. The zero-order valence-corrected chi connectivity index (χ0v) is 11.9. The van der Waals surface area contributed by atoms with E-state index in [0.29, 0.717) is 4.48 Å². The molecular weight excluding hydrogens is 318 g/mol. The summed E-state index contributed by atoms with van der Waals surface area (Å²) in [5.41, 5.74) is 0. The summed E-state index contributed by atoms with van der Waals surface area (Å²) in [6, 6.07) is 7.90. The van der Waals surface area contributed by atoms with Crippen LogP contribution in [-0.4, -0.2) is 20.9 Å². The maximum atomic E-state index is 11.8. The van der Waals surface area contributed by atoms with Crippen LogP contribution < -0.4 is 5.32 Å². The van der Waals surface area contributed by atoms with Gasteiger partial charge in [0.05, 0.1) is 4.90 Å². The zero-order valence-electron chi connectivity index (χ0n) is 9.47. The Labute approximate surface area is 114 Å². The Kier molecular flexibility index (Phi) is 5.30. The fourth-order valence-corrected chi connectivity index (χ4v) is 2.22. The second kappa shape index (κ2) is 6.51. The lowest BCUT2D eigenvalue weighted by Gasteiger charge is -2.00. The normalized spacial score (nSPS) is 11.4. The van der Waals surface area contributed by atoms with E-state index in [1.54, 1.807) is 18.2 Å². The Bertz CT molecular complexity index is 564. The van der Waals surface area contributed by atoms with E-state index in [9.17, 15) is 13.2 Å². The van der Waals surface area contributed by atoms with Crippen LogP contribution in [0.4, 0.5) is 0 Å². The van der Waals surface area contributed by atoms with Gasteiger partial charge in [-0.05, 0) is 12.1 Å². The van der Waals surface area contributed by atoms with Gasteiger partial charge in [-0.15, -0.1) is 0 Å². The molecule has 4 nitrogen and oxygen atoms in total. The van der Waals surface area contributed by atoms with E-state index in [2.05, 4.69) is 27.8 Å². The largest absolute Gasteiger partial charge is 0.348 e. The summed E-state index contributed by atoms with van der Waals surface area (Å²) >= 11 is 3.08. The second-order valence-corrected chi connectivity index (χ2v) is 6.35. The van der Waals surface area contributed by atoms with Gasteiger partial charge in [-0.2, -0.15) is 0 Å². The number of carbonyl (C=O) groups excluding carboxylic acids is 1. The van der Waals surface area contributed by atoms with E-state index >= 15 is 0 Å². The first-order valence-electron chi connectivity index (χ1n) is 5.01. The molecule has 6 heteroatoms. The molecule has 0 aliphatic carbocycles. The van der Waals surface area contributed by atoms with Gasteiger partial charge in [-0.1, -0.05) is 40.7 Å². The Balaban J connectivity index is 2.72. The molecule has 1 rings (SSSR count). The summed E-state index contributed by atoms with van der Waals surface area (Å²) in [5.74, 6) is -0.491. The first kappa shape index (κ1) is 14.7. The molecule has 96 valence electrons. The molecule has 18 heavy (non-hydrogen) atoms. The highest BCUT2D eigenvalue weighted by molar-refractivity contribution is 9.11. The van der Waals surface area contributed by atoms with Crippen molar-refractivity contribution < 1.29 is 13.2 Å². The van der Waals surface area contributed by atoms with Gasteiger partial charge in [-0.25, -0.2) is 8.42 Å². The average molecular weight is 330 g/mol. The Hall–Kier alpha value is -1.40. The van der Waals surface area contributed by atoms with E-state index in [1.165, 1.54) is 12.1 Å². The molecule has 1 aromatic carbocycles. The molecule has 0 saturated heterocycles. The maximum Gasteiger partial charge on any atom is 0.244 e. The molecule has 0 bridgehead atoms. The molecule has 0 aliphatic heterocycles. The summed E-state index contributed by atoms with van der Waals surface area (Å²) in [7, 11) is -3.57. The minimum absolute atomic E-state index is 0.152. The van der Waals surface area contributed by atoms with Crippen molar-refractivity contribution in [3.8, 4) is 0 Å². The molecule has 0 radical (unpaired) electrons. The Morgan fingerprint density at radius 2 is 1.94 bits per heavy atom. The minimum atomic E-state index is -3.57. The Morgan fingerprint density at radius 3 is 2.50 bits per heavy atom. The third-order valence-corrected chi connectivity index (χ3v) is 3.63. The van der Waals surface area contributed by atoms with Crippen LogP contribution in [0.3, 0.4) is 0 Å². The fraction of sp³-hybridized carbons (Fsp3) is 0.0833. The third-order valence-electron chi connectivity index (χ3n) is 1.92. The molecule has 1 aromatic rings. The van der Waals surface area contributed by atoms with Gasteiger partial charge in [0.2, 0.25) is 5.91 Å². The molecule has 0 heterocycles. The molecule has 0 spiro atoms. The number of benzene rings is 1. The average Bonchev–Trinajstić information content (AvgIpc) is 2.35. The number of amides is 1. The quantitative estimate of drug-likeness (QED) is 0.840. The van der Waals surface area contributed by atoms with Crippen molar-refractivity contribution in [1.82, 2.24) is 5.32 Å². The number of hydrogen-bond donors (Lipinski definition) is 1. The van der Waals surface area contributed by atoms with Crippen molar-refractivity contribution in [2.45, 2.75) is 4.90 Å². The second-order valence-electron chi connectivity index (χ2n) is 3.40. The summed E-state index contributed by atoms with van der Waals surface area (Å²) in [6.07, 6.45) is 0.984. The lowest BCUT2D eigenvalue weighted by atomic mass is 10.4. The minimum Gasteiger partial charge on any atom is -0.348 e. The van der Waals surface area contributed by atoms with Crippen LogP contribution in [0.1, 0.15) is 0 Å². The van der Waals surface area contributed by atoms with Gasteiger partial charge in [0.15, 0.2) is 9.84 Å². The molecule has 1 amide bonds. The van der Waals surface area contributed by atoms with E-state index < -0.39 is 15.7 Å². The topological polar surface area (TPSA) is 63.2 Å². The highest BCUT2D eigenvalue weighted by Gasteiger charge is 2.09. The smallest absolute Gasteiger partial charge is 0.244 e. The van der Waals surface area contributed by atoms with Crippen molar-refractivity contribution in [2.75, 3.05) is 6.54 Å². The maximum absolute atomic E-state index is 11.8. The van der Waals surface area contributed by atoms with Crippen LogP contribution in [0.2, 0.25) is 0 Å². The molecule has 0 aliphatic rings. The predicted molar refractivity (Wildman–Crippen MR) is 73.8 cm³/mol. The van der Waals surface area contributed by atoms with E-state index in [4.69, 9.17) is 0 Å². The lowest BCUT2D eigenvalue weighted by Crippen LogP contribution is -2.22. The molecule has 0 fully saturated rings. The van der Waals surface area contributed by atoms with Crippen LogP contribution in [-0.2, 0) is 14.6 Å².